The maximum absolute atomic E-state index is 12.3. The molecule has 2 N–H and O–H groups in total. The summed E-state index contributed by atoms with van der Waals surface area (Å²) >= 11 is 0. The predicted molar refractivity (Wildman–Crippen MR) is 87.2 cm³/mol. The van der Waals surface area contributed by atoms with Gasteiger partial charge < -0.3 is 15.2 Å². The van der Waals surface area contributed by atoms with Gasteiger partial charge in [-0.3, -0.25) is 14.9 Å². The zero-order chi connectivity index (χ0) is 17.3. The summed E-state index contributed by atoms with van der Waals surface area (Å²) in [6, 6.07) is 11.1. The van der Waals surface area contributed by atoms with Crippen LogP contribution in [0.15, 0.2) is 42.5 Å². The molecule has 0 aromatic heterocycles. The van der Waals surface area contributed by atoms with Crippen LogP contribution in [0.3, 0.4) is 0 Å². The quantitative estimate of drug-likeness (QED) is 0.499. The number of ether oxygens (including phenoxy) is 1. The summed E-state index contributed by atoms with van der Waals surface area (Å²) in [7, 11) is 1.59. The lowest BCUT2D eigenvalue weighted by molar-refractivity contribution is -0.384. The standard InChI is InChI=1S/C17H16N2O5/c1-24-12-5-2-10(3-6-12)13-9-14(13)17(21)18-15-8-11(19(22)23)4-7-16(15)20/h2-8,13-14,20H,9H2,1H3,(H,18,21). The molecule has 1 amide bonds. The van der Waals surface area contributed by atoms with Crippen molar-refractivity contribution in [2.24, 2.45) is 5.92 Å². The Bertz CT molecular complexity index is 788. The van der Waals surface area contributed by atoms with Gasteiger partial charge >= 0.3 is 0 Å². The number of hydrogen-bond acceptors (Lipinski definition) is 5. The number of hydrogen-bond donors (Lipinski definition) is 2. The summed E-state index contributed by atoms with van der Waals surface area (Å²) in [4.78, 5) is 22.5. The van der Waals surface area contributed by atoms with Gasteiger partial charge in [-0.05, 0) is 36.1 Å². The van der Waals surface area contributed by atoms with Crippen LogP contribution >= 0.6 is 0 Å². The van der Waals surface area contributed by atoms with Gasteiger partial charge in [0.2, 0.25) is 5.91 Å². The average molecular weight is 328 g/mol. The van der Waals surface area contributed by atoms with E-state index in [4.69, 9.17) is 4.74 Å². The van der Waals surface area contributed by atoms with Gasteiger partial charge in [0, 0.05) is 18.1 Å². The number of nitro groups is 1. The van der Waals surface area contributed by atoms with Gasteiger partial charge in [0.15, 0.2) is 0 Å². The second-order valence-electron chi connectivity index (χ2n) is 5.67. The summed E-state index contributed by atoms with van der Waals surface area (Å²) in [6.45, 7) is 0. The van der Waals surface area contributed by atoms with Crippen LogP contribution < -0.4 is 10.1 Å². The van der Waals surface area contributed by atoms with E-state index in [1.165, 1.54) is 12.1 Å². The van der Waals surface area contributed by atoms with Crippen molar-refractivity contribution in [3.05, 3.63) is 58.1 Å². The minimum atomic E-state index is -0.577. The number of benzene rings is 2. The highest BCUT2D eigenvalue weighted by Crippen LogP contribution is 2.48. The number of phenols is 1. The van der Waals surface area contributed by atoms with Crippen molar-refractivity contribution in [2.75, 3.05) is 12.4 Å². The van der Waals surface area contributed by atoms with E-state index in [-0.39, 0.29) is 34.9 Å². The number of nitrogens with zero attached hydrogens (tertiary/aromatic N) is 1. The third-order valence-corrected chi connectivity index (χ3v) is 4.12. The van der Waals surface area contributed by atoms with Crippen molar-refractivity contribution in [2.45, 2.75) is 12.3 Å². The molecule has 2 aromatic carbocycles. The van der Waals surface area contributed by atoms with Crippen molar-refractivity contribution in [3.63, 3.8) is 0 Å². The van der Waals surface area contributed by atoms with Crippen molar-refractivity contribution >= 4 is 17.3 Å². The third kappa shape index (κ3) is 3.15. The lowest BCUT2D eigenvalue weighted by Gasteiger charge is -2.07. The monoisotopic (exact) mass is 328 g/mol. The number of nitro benzene ring substituents is 1. The predicted octanol–water partition coefficient (Wildman–Crippen LogP) is 3.05. The number of phenolic OH excluding ortho intramolecular Hbond substituents is 1. The first kappa shape index (κ1) is 15.8. The van der Waals surface area contributed by atoms with Crippen LogP contribution in [0.1, 0.15) is 17.9 Å². The molecule has 24 heavy (non-hydrogen) atoms. The van der Waals surface area contributed by atoms with E-state index in [0.717, 1.165) is 17.4 Å². The number of carbonyl (C=O) groups is 1. The zero-order valence-electron chi connectivity index (χ0n) is 12.9. The van der Waals surface area contributed by atoms with E-state index in [1.54, 1.807) is 7.11 Å². The molecule has 1 aliphatic rings. The van der Waals surface area contributed by atoms with Crippen LogP contribution in [-0.2, 0) is 4.79 Å². The van der Waals surface area contributed by atoms with Gasteiger partial charge in [-0.25, -0.2) is 0 Å². The summed E-state index contributed by atoms with van der Waals surface area (Å²) in [5, 5.41) is 23.1. The molecule has 7 nitrogen and oxygen atoms in total. The first-order chi connectivity index (χ1) is 11.5. The van der Waals surface area contributed by atoms with Gasteiger partial charge in [0.05, 0.1) is 17.7 Å². The van der Waals surface area contributed by atoms with Crippen LogP contribution in [0.25, 0.3) is 0 Å². The molecule has 2 aromatic rings. The molecule has 1 saturated carbocycles. The van der Waals surface area contributed by atoms with Gasteiger partial charge in [0.1, 0.15) is 11.5 Å². The van der Waals surface area contributed by atoms with E-state index in [9.17, 15) is 20.0 Å². The molecule has 0 heterocycles. The van der Waals surface area contributed by atoms with Crippen LogP contribution in [-0.4, -0.2) is 23.0 Å². The number of carbonyl (C=O) groups excluding carboxylic acids is 1. The third-order valence-electron chi connectivity index (χ3n) is 4.12. The lowest BCUT2D eigenvalue weighted by atomic mass is 10.1. The van der Waals surface area contributed by atoms with Crippen LogP contribution in [0.2, 0.25) is 0 Å². The molecule has 1 fully saturated rings. The normalized spacial score (nSPS) is 18.7. The highest BCUT2D eigenvalue weighted by Gasteiger charge is 2.44. The molecule has 0 spiro atoms. The minimum absolute atomic E-state index is 0.0505. The van der Waals surface area contributed by atoms with Crippen molar-refractivity contribution < 1.29 is 19.6 Å². The van der Waals surface area contributed by atoms with E-state index in [0.29, 0.717) is 6.42 Å². The van der Waals surface area contributed by atoms with Crippen molar-refractivity contribution in [3.8, 4) is 11.5 Å². The highest BCUT2D eigenvalue weighted by atomic mass is 16.6. The first-order valence-electron chi connectivity index (χ1n) is 7.42. The Hall–Kier alpha value is -3.09. The summed E-state index contributed by atoms with van der Waals surface area (Å²) < 4.78 is 5.10. The number of non-ortho nitro benzene ring substituents is 1. The fourth-order valence-corrected chi connectivity index (χ4v) is 2.67. The fraction of sp³-hybridized carbons (Fsp3) is 0.235. The minimum Gasteiger partial charge on any atom is -0.506 e. The SMILES string of the molecule is COc1ccc(C2CC2C(=O)Nc2cc([N+](=O)[O-])ccc2O)cc1. The van der Waals surface area contributed by atoms with Crippen molar-refractivity contribution in [1.29, 1.82) is 0 Å². The number of anilines is 1. The van der Waals surface area contributed by atoms with Gasteiger partial charge in [-0.1, -0.05) is 12.1 Å². The van der Waals surface area contributed by atoms with E-state index in [1.807, 2.05) is 24.3 Å². The zero-order valence-corrected chi connectivity index (χ0v) is 12.9. The first-order valence-corrected chi connectivity index (χ1v) is 7.42. The second-order valence-corrected chi connectivity index (χ2v) is 5.67. The summed E-state index contributed by atoms with van der Waals surface area (Å²) in [5.74, 6) is 0.193. The second kappa shape index (κ2) is 6.19. The smallest absolute Gasteiger partial charge is 0.271 e. The fourth-order valence-electron chi connectivity index (χ4n) is 2.67. The van der Waals surface area contributed by atoms with Crippen LogP contribution in [0.5, 0.6) is 11.5 Å². The van der Waals surface area contributed by atoms with E-state index >= 15 is 0 Å². The molecule has 0 bridgehead atoms. The van der Waals surface area contributed by atoms with Crippen LogP contribution in [0, 0.1) is 16.0 Å². The molecule has 0 aliphatic heterocycles. The Kier molecular flexibility index (Phi) is 4.07. The Labute approximate surface area is 138 Å². The molecule has 2 atom stereocenters. The average Bonchev–Trinajstić information content (AvgIpc) is 3.37. The van der Waals surface area contributed by atoms with Gasteiger partial charge in [-0.15, -0.1) is 0 Å². The molecule has 1 aliphatic carbocycles. The molecule has 124 valence electrons. The number of aromatic hydroxyl groups is 1. The number of nitrogens with one attached hydrogen (secondary N) is 1. The maximum atomic E-state index is 12.3. The topological polar surface area (TPSA) is 102 Å². The van der Waals surface area contributed by atoms with E-state index in [2.05, 4.69) is 5.32 Å². The lowest BCUT2D eigenvalue weighted by Crippen LogP contribution is -2.14. The van der Waals surface area contributed by atoms with Gasteiger partial charge in [0.25, 0.3) is 5.69 Å². The maximum Gasteiger partial charge on any atom is 0.271 e. The molecule has 2 unspecified atom stereocenters. The van der Waals surface area contributed by atoms with Crippen molar-refractivity contribution in [1.82, 2.24) is 0 Å². The number of amides is 1. The van der Waals surface area contributed by atoms with E-state index < -0.39 is 4.92 Å². The largest absolute Gasteiger partial charge is 0.506 e. The molecular formula is C17H16N2O5. The summed E-state index contributed by atoms with van der Waals surface area (Å²) in [5.41, 5.74) is 0.902. The molecular weight excluding hydrogens is 312 g/mol. The van der Waals surface area contributed by atoms with Crippen LogP contribution in [0.4, 0.5) is 11.4 Å². The Morgan fingerprint density at radius 2 is 2.00 bits per heavy atom. The highest BCUT2D eigenvalue weighted by molar-refractivity contribution is 5.96. The summed E-state index contributed by atoms with van der Waals surface area (Å²) in [6.07, 6.45) is 0.702. The number of methoxy groups -OCH3 is 1. The number of rotatable bonds is 5. The Morgan fingerprint density at radius 1 is 1.29 bits per heavy atom. The molecule has 0 saturated heterocycles. The molecule has 3 rings (SSSR count). The Balaban J connectivity index is 1.68. The Morgan fingerprint density at radius 3 is 2.62 bits per heavy atom. The molecule has 0 radical (unpaired) electrons. The van der Waals surface area contributed by atoms with Gasteiger partial charge in [-0.2, -0.15) is 0 Å². The molecule has 7 heteroatoms.